The van der Waals surface area contributed by atoms with Gasteiger partial charge in [-0.15, -0.1) is 0 Å². The summed E-state index contributed by atoms with van der Waals surface area (Å²) in [7, 11) is 1.60. The van der Waals surface area contributed by atoms with Crippen molar-refractivity contribution in [3.8, 4) is 5.75 Å². The Kier molecular flexibility index (Phi) is 3.10. The number of para-hydroxylation sites is 1. The number of rotatable bonds is 3. The van der Waals surface area contributed by atoms with Gasteiger partial charge in [-0.3, -0.25) is 4.79 Å². The minimum absolute atomic E-state index is 0.145. The molecule has 1 aliphatic rings. The Hall–Kier alpha value is -1.55. The molecule has 1 aromatic carbocycles. The molecular weight excluding hydrogens is 206 g/mol. The number of carbonyl (C=O) groups is 1. The molecule has 0 spiro atoms. The van der Waals surface area contributed by atoms with Crippen LogP contribution in [0.1, 0.15) is 18.0 Å². The maximum absolute atomic E-state index is 11.1. The van der Waals surface area contributed by atoms with Crippen molar-refractivity contribution in [3.63, 3.8) is 0 Å². The van der Waals surface area contributed by atoms with Crippen LogP contribution in [0.4, 0.5) is 0 Å². The molecule has 0 unspecified atom stereocenters. The third-order valence-corrected chi connectivity index (χ3v) is 3.01. The molecule has 4 heteroatoms. The molecule has 0 amide bonds. The van der Waals surface area contributed by atoms with Gasteiger partial charge < -0.3 is 15.2 Å². The average molecular weight is 221 g/mol. The number of carboxylic acid groups (broad SMARTS) is 1. The summed E-state index contributed by atoms with van der Waals surface area (Å²) in [6.45, 7) is 0.736. The topological polar surface area (TPSA) is 58.6 Å². The number of carboxylic acids is 1. The lowest BCUT2D eigenvalue weighted by molar-refractivity contribution is -0.142. The number of benzene rings is 1. The molecule has 4 nitrogen and oxygen atoms in total. The molecule has 1 heterocycles. The second kappa shape index (κ2) is 4.53. The van der Waals surface area contributed by atoms with E-state index in [1.54, 1.807) is 7.11 Å². The molecule has 86 valence electrons. The van der Waals surface area contributed by atoms with Gasteiger partial charge in [0.25, 0.3) is 0 Å². The highest BCUT2D eigenvalue weighted by Crippen LogP contribution is 2.34. The summed E-state index contributed by atoms with van der Waals surface area (Å²) in [5.74, 6) is -0.370. The smallest absolute Gasteiger partial charge is 0.308 e. The standard InChI is InChI=1S/C12H15NO3/c1-16-10-5-3-2-4-8(10)11-9(12(14)15)6-7-13-11/h2-5,9,11,13H,6-7H2,1H3,(H,14,15)/t9-,11+/m0/s1. The lowest BCUT2D eigenvalue weighted by Crippen LogP contribution is -2.23. The van der Waals surface area contributed by atoms with E-state index >= 15 is 0 Å². The molecule has 0 saturated carbocycles. The molecular formula is C12H15NO3. The summed E-state index contributed by atoms with van der Waals surface area (Å²) >= 11 is 0. The first-order chi connectivity index (χ1) is 7.74. The van der Waals surface area contributed by atoms with E-state index in [0.717, 1.165) is 17.9 Å². The molecule has 0 aliphatic carbocycles. The van der Waals surface area contributed by atoms with Gasteiger partial charge in [0.05, 0.1) is 13.0 Å². The van der Waals surface area contributed by atoms with Crippen molar-refractivity contribution in [1.82, 2.24) is 5.32 Å². The monoisotopic (exact) mass is 221 g/mol. The van der Waals surface area contributed by atoms with Crippen molar-refractivity contribution in [2.24, 2.45) is 5.92 Å². The number of hydrogen-bond donors (Lipinski definition) is 2. The van der Waals surface area contributed by atoms with Crippen LogP contribution in [0.3, 0.4) is 0 Å². The third kappa shape index (κ3) is 1.88. The summed E-state index contributed by atoms with van der Waals surface area (Å²) in [6, 6.07) is 7.41. The second-order valence-corrected chi connectivity index (χ2v) is 3.91. The zero-order valence-corrected chi connectivity index (χ0v) is 9.14. The van der Waals surface area contributed by atoms with Crippen molar-refractivity contribution < 1.29 is 14.6 Å². The van der Waals surface area contributed by atoms with Gasteiger partial charge >= 0.3 is 5.97 Å². The minimum Gasteiger partial charge on any atom is -0.496 e. The lowest BCUT2D eigenvalue weighted by atomic mass is 9.94. The van der Waals surface area contributed by atoms with E-state index in [1.807, 2.05) is 24.3 Å². The zero-order valence-electron chi connectivity index (χ0n) is 9.14. The van der Waals surface area contributed by atoms with Crippen molar-refractivity contribution in [1.29, 1.82) is 0 Å². The highest BCUT2D eigenvalue weighted by molar-refractivity contribution is 5.72. The fourth-order valence-electron chi connectivity index (χ4n) is 2.22. The molecule has 2 rings (SSSR count). The van der Waals surface area contributed by atoms with Gasteiger partial charge in [0.1, 0.15) is 5.75 Å². The van der Waals surface area contributed by atoms with Crippen LogP contribution in [0.2, 0.25) is 0 Å². The molecule has 16 heavy (non-hydrogen) atoms. The van der Waals surface area contributed by atoms with E-state index < -0.39 is 5.97 Å². The molecule has 1 fully saturated rings. The van der Waals surface area contributed by atoms with Crippen molar-refractivity contribution >= 4 is 5.97 Å². The van der Waals surface area contributed by atoms with Crippen LogP contribution in [0.25, 0.3) is 0 Å². The fraction of sp³-hybridized carbons (Fsp3) is 0.417. The van der Waals surface area contributed by atoms with Crippen LogP contribution in [-0.4, -0.2) is 24.7 Å². The van der Waals surface area contributed by atoms with Gasteiger partial charge in [0.15, 0.2) is 0 Å². The van der Waals surface area contributed by atoms with Crippen molar-refractivity contribution in [2.45, 2.75) is 12.5 Å². The van der Waals surface area contributed by atoms with E-state index in [1.165, 1.54) is 0 Å². The van der Waals surface area contributed by atoms with E-state index in [2.05, 4.69) is 5.32 Å². The second-order valence-electron chi connectivity index (χ2n) is 3.91. The molecule has 2 atom stereocenters. The van der Waals surface area contributed by atoms with Gasteiger partial charge in [-0.1, -0.05) is 18.2 Å². The molecule has 0 aromatic heterocycles. The van der Waals surface area contributed by atoms with Gasteiger partial charge in [0, 0.05) is 11.6 Å². The molecule has 0 radical (unpaired) electrons. The normalized spacial score (nSPS) is 24.3. The van der Waals surface area contributed by atoms with E-state index in [0.29, 0.717) is 6.42 Å². The predicted octanol–water partition coefficient (Wildman–Crippen LogP) is 1.43. The quantitative estimate of drug-likeness (QED) is 0.810. The fourth-order valence-corrected chi connectivity index (χ4v) is 2.22. The van der Waals surface area contributed by atoms with Gasteiger partial charge in [0.2, 0.25) is 0 Å². The zero-order chi connectivity index (χ0) is 11.5. The van der Waals surface area contributed by atoms with E-state index in [4.69, 9.17) is 9.84 Å². The van der Waals surface area contributed by atoms with Crippen LogP contribution in [0.5, 0.6) is 5.75 Å². The van der Waals surface area contributed by atoms with E-state index in [9.17, 15) is 4.79 Å². The van der Waals surface area contributed by atoms with Gasteiger partial charge in [-0.25, -0.2) is 0 Å². The SMILES string of the molecule is COc1ccccc1[C@H]1NCC[C@@H]1C(=O)O. The molecule has 1 aliphatic heterocycles. The number of ether oxygens (including phenoxy) is 1. The Morgan fingerprint density at radius 1 is 1.50 bits per heavy atom. The van der Waals surface area contributed by atoms with Crippen LogP contribution in [0, 0.1) is 5.92 Å². The largest absolute Gasteiger partial charge is 0.496 e. The van der Waals surface area contributed by atoms with Crippen LogP contribution < -0.4 is 10.1 Å². The van der Waals surface area contributed by atoms with E-state index in [-0.39, 0.29) is 12.0 Å². The maximum Gasteiger partial charge on any atom is 0.308 e. The van der Waals surface area contributed by atoms with Crippen molar-refractivity contribution in [2.75, 3.05) is 13.7 Å². The first-order valence-corrected chi connectivity index (χ1v) is 5.33. The minimum atomic E-state index is -0.749. The summed E-state index contributed by atoms with van der Waals surface area (Å²) in [6.07, 6.45) is 0.665. The van der Waals surface area contributed by atoms with Crippen LogP contribution in [-0.2, 0) is 4.79 Å². The lowest BCUT2D eigenvalue weighted by Gasteiger charge is -2.18. The number of aliphatic carboxylic acids is 1. The average Bonchev–Trinajstić information content (AvgIpc) is 2.77. The molecule has 0 bridgehead atoms. The highest BCUT2D eigenvalue weighted by Gasteiger charge is 2.34. The number of hydrogen-bond acceptors (Lipinski definition) is 3. The maximum atomic E-state index is 11.1. The molecule has 1 saturated heterocycles. The Morgan fingerprint density at radius 3 is 2.94 bits per heavy atom. The summed E-state index contributed by atoms with van der Waals surface area (Å²) in [5, 5.41) is 12.3. The summed E-state index contributed by atoms with van der Waals surface area (Å²) in [4.78, 5) is 11.1. The third-order valence-electron chi connectivity index (χ3n) is 3.01. The van der Waals surface area contributed by atoms with Crippen molar-refractivity contribution in [3.05, 3.63) is 29.8 Å². The van der Waals surface area contributed by atoms with Gasteiger partial charge in [-0.05, 0) is 19.0 Å². The molecule has 1 aromatic rings. The first kappa shape index (κ1) is 11.0. The summed E-state index contributed by atoms with van der Waals surface area (Å²) in [5.41, 5.74) is 0.926. The Labute approximate surface area is 94.2 Å². The Bertz CT molecular complexity index is 392. The number of nitrogens with one attached hydrogen (secondary N) is 1. The Balaban J connectivity index is 2.32. The summed E-state index contributed by atoms with van der Waals surface area (Å²) < 4.78 is 5.25. The van der Waals surface area contributed by atoms with Gasteiger partial charge in [-0.2, -0.15) is 0 Å². The molecule has 2 N–H and O–H groups in total. The Morgan fingerprint density at radius 2 is 2.25 bits per heavy atom. The van der Waals surface area contributed by atoms with Crippen LogP contribution in [0.15, 0.2) is 24.3 Å². The number of methoxy groups -OCH3 is 1. The first-order valence-electron chi connectivity index (χ1n) is 5.33. The van der Waals surface area contributed by atoms with Crippen LogP contribution >= 0.6 is 0 Å². The predicted molar refractivity (Wildman–Crippen MR) is 59.5 cm³/mol. The highest BCUT2D eigenvalue weighted by atomic mass is 16.5.